The minimum atomic E-state index is -0.232. The van der Waals surface area contributed by atoms with Gasteiger partial charge in [0.1, 0.15) is 5.82 Å². The van der Waals surface area contributed by atoms with Crippen LogP contribution in [0.4, 0.5) is 4.39 Å². The summed E-state index contributed by atoms with van der Waals surface area (Å²) in [6.45, 7) is 5.89. The number of rotatable bonds is 2. The van der Waals surface area contributed by atoms with Gasteiger partial charge < -0.3 is 0 Å². The maximum Gasteiger partial charge on any atom is 0.126 e. The van der Waals surface area contributed by atoms with Gasteiger partial charge in [-0.3, -0.25) is 0 Å². The monoisotopic (exact) mass is 262 g/mol. The highest BCUT2D eigenvalue weighted by atomic mass is 35.5. The lowest BCUT2D eigenvalue weighted by Crippen LogP contribution is -1.99. The van der Waals surface area contributed by atoms with E-state index in [1.54, 1.807) is 13.0 Å². The van der Waals surface area contributed by atoms with Crippen LogP contribution >= 0.6 is 11.6 Å². The number of aryl methyl sites for hydroxylation is 2. The molecule has 94 valence electrons. The lowest BCUT2D eigenvalue weighted by Gasteiger charge is -2.15. The van der Waals surface area contributed by atoms with Crippen molar-refractivity contribution in [3.05, 3.63) is 70.0 Å². The predicted molar refractivity (Wildman–Crippen MR) is 74.7 cm³/mol. The Hall–Kier alpha value is -1.34. The molecule has 2 rings (SSSR count). The third-order valence-electron chi connectivity index (χ3n) is 3.39. The van der Waals surface area contributed by atoms with Crippen molar-refractivity contribution in [3.63, 3.8) is 0 Å². The van der Waals surface area contributed by atoms with Crippen molar-refractivity contribution in [1.29, 1.82) is 0 Å². The molecule has 0 heterocycles. The molecule has 1 unspecified atom stereocenters. The maximum absolute atomic E-state index is 13.3. The second-order valence-electron chi connectivity index (χ2n) is 4.66. The van der Waals surface area contributed by atoms with Crippen LogP contribution in [0.5, 0.6) is 0 Å². The van der Waals surface area contributed by atoms with Gasteiger partial charge in [0.05, 0.1) is 5.38 Å². The summed E-state index contributed by atoms with van der Waals surface area (Å²) in [5.41, 5.74) is 5.06. The van der Waals surface area contributed by atoms with Gasteiger partial charge in [-0.05, 0) is 54.7 Å². The molecule has 0 aliphatic heterocycles. The fourth-order valence-electron chi connectivity index (χ4n) is 2.05. The lowest BCUT2D eigenvalue weighted by atomic mass is 9.96. The Balaban J connectivity index is 2.44. The fourth-order valence-corrected chi connectivity index (χ4v) is 2.43. The van der Waals surface area contributed by atoms with Crippen molar-refractivity contribution in [3.8, 4) is 0 Å². The predicted octanol–water partition coefficient (Wildman–Crippen LogP) is 5.08. The first kappa shape index (κ1) is 13.1. The first-order valence-electron chi connectivity index (χ1n) is 5.97. The van der Waals surface area contributed by atoms with Crippen LogP contribution in [-0.4, -0.2) is 0 Å². The molecule has 0 aliphatic carbocycles. The molecule has 0 radical (unpaired) electrons. The molecule has 0 nitrogen and oxygen atoms in total. The van der Waals surface area contributed by atoms with Gasteiger partial charge in [-0.25, -0.2) is 4.39 Å². The summed E-state index contributed by atoms with van der Waals surface area (Å²) in [5.74, 6) is -0.191. The summed E-state index contributed by atoms with van der Waals surface area (Å²) in [5, 5.41) is -0.232. The molecule has 0 N–H and O–H groups in total. The molecule has 0 spiro atoms. The lowest BCUT2D eigenvalue weighted by molar-refractivity contribution is 0.617. The molecule has 0 amide bonds. The zero-order valence-corrected chi connectivity index (χ0v) is 11.6. The Labute approximate surface area is 112 Å². The topological polar surface area (TPSA) is 0 Å². The van der Waals surface area contributed by atoms with Crippen LogP contribution < -0.4 is 0 Å². The highest BCUT2D eigenvalue weighted by Gasteiger charge is 2.14. The second kappa shape index (κ2) is 5.11. The molecular weight excluding hydrogens is 247 g/mol. The number of alkyl halides is 1. The second-order valence-corrected chi connectivity index (χ2v) is 5.10. The van der Waals surface area contributed by atoms with E-state index in [1.807, 2.05) is 18.2 Å². The van der Waals surface area contributed by atoms with E-state index in [2.05, 4.69) is 19.9 Å². The quantitative estimate of drug-likeness (QED) is 0.662. The minimum absolute atomic E-state index is 0.191. The molecule has 2 aromatic carbocycles. The number of benzene rings is 2. The molecule has 0 bridgehead atoms. The Kier molecular flexibility index (Phi) is 3.72. The van der Waals surface area contributed by atoms with Crippen molar-refractivity contribution in [2.75, 3.05) is 0 Å². The maximum atomic E-state index is 13.3. The molecule has 2 heteroatoms. The molecule has 18 heavy (non-hydrogen) atoms. The zero-order valence-electron chi connectivity index (χ0n) is 10.8. The Morgan fingerprint density at radius 3 is 2.39 bits per heavy atom. The molecule has 0 saturated heterocycles. The van der Waals surface area contributed by atoms with Gasteiger partial charge >= 0.3 is 0 Å². The molecule has 0 fully saturated rings. The molecule has 1 atom stereocenters. The van der Waals surface area contributed by atoms with Gasteiger partial charge in [0.15, 0.2) is 0 Å². The summed E-state index contributed by atoms with van der Waals surface area (Å²) >= 11 is 6.51. The Bertz CT molecular complexity index is 575. The van der Waals surface area contributed by atoms with Crippen LogP contribution in [0, 0.1) is 26.6 Å². The summed E-state index contributed by atoms with van der Waals surface area (Å²) in [4.78, 5) is 0. The van der Waals surface area contributed by atoms with Crippen molar-refractivity contribution < 1.29 is 4.39 Å². The Morgan fingerprint density at radius 1 is 1.00 bits per heavy atom. The number of hydrogen-bond acceptors (Lipinski definition) is 0. The van der Waals surface area contributed by atoms with Crippen LogP contribution in [0.3, 0.4) is 0 Å². The standard InChI is InChI=1S/C16H16ClF/c1-10-5-4-6-14(12(10)3)16(17)13-7-8-15(18)11(2)9-13/h4-9,16H,1-3H3. The smallest absolute Gasteiger partial charge is 0.126 e. The van der Waals surface area contributed by atoms with E-state index in [-0.39, 0.29) is 11.2 Å². The van der Waals surface area contributed by atoms with Crippen LogP contribution in [-0.2, 0) is 0 Å². The summed E-state index contributed by atoms with van der Waals surface area (Å²) < 4.78 is 13.3. The van der Waals surface area contributed by atoms with E-state index in [4.69, 9.17) is 11.6 Å². The summed E-state index contributed by atoms with van der Waals surface area (Å²) in [6.07, 6.45) is 0. The highest BCUT2D eigenvalue weighted by molar-refractivity contribution is 6.22. The third kappa shape index (κ3) is 2.41. The van der Waals surface area contributed by atoms with Gasteiger partial charge in [0.2, 0.25) is 0 Å². The van der Waals surface area contributed by atoms with Crippen LogP contribution in [0.2, 0.25) is 0 Å². The molecule has 0 aromatic heterocycles. The summed E-state index contributed by atoms with van der Waals surface area (Å²) in [7, 11) is 0. The van der Waals surface area contributed by atoms with Crippen molar-refractivity contribution in [2.24, 2.45) is 0 Å². The third-order valence-corrected chi connectivity index (χ3v) is 3.88. The average molecular weight is 263 g/mol. The van der Waals surface area contributed by atoms with Gasteiger partial charge in [0.25, 0.3) is 0 Å². The first-order chi connectivity index (χ1) is 8.50. The number of halogens is 2. The zero-order chi connectivity index (χ0) is 13.3. The minimum Gasteiger partial charge on any atom is -0.207 e. The largest absolute Gasteiger partial charge is 0.207 e. The van der Waals surface area contributed by atoms with Gasteiger partial charge in [0, 0.05) is 0 Å². The van der Waals surface area contributed by atoms with Crippen molar-refractivity contribution in [1.82, 2.24) is 0 Å². The normalized spacial score (nSPS) is 12.5. The SMILES string of the molecule is Cc1cc(C(Cl)c2cccc(C)c2C)ccc1F. The van der Waals surface area contributed by atoms with E-state index in [1.165, 1.54) is 17.2 Å². The van der Waals surface area contributed by atoms with Gasteiger partial charge in [-0.2, -0.15) is 0 Å². The van der Waals surface area contributed by atoms with E-state index in [9.17, 15) is 4.39 Å². The molecule has 0 aliphatic rings. The molecular formula is C16H16ClF. The fraction of sp³-hybridized carbons (Fsp3) is 0.250. The van der Waals surface area contributed by atoms with Crippen LogP contribution in [0.1, 0.15) is 33.2 Å². The van der Waals surface area contributed by atoms with Gasteiger partial charge in [-0.1, -0.05) is 30.3 Å². The van der Waals surface area contributed by atoms with E-state index < -0.39 is 0 Å². The Morgan fingerprint density at radius 2 is 1.72 bits per heavy atom. The van der Waals surface area contributed by atoms with Crippen molar-refractivity contribution in [2.45, 2.75) is 26.1 Å². The number of hydrogen-bond donors (Lipinski definition) is 0. The van der Waals surface area contributed by atoms with Crippen molar-refractivity contribution >= 4 is 11.6 Å². The summed E-state index contributed by atoms with van der Waals surface area (Å²) in [6, 6.07) is 11.1. The van der Waals surface area contributed by atoms with E-state index >= 15 is 0 Å². The average Bonchev–Trinajstić information content (AvgIpc) is 2.35. The molecule has 0 saturated carbocycles. The van der Waals surface area contributed by atoms with Crippen LogP contribution in [0.25, 0.3) is 0 Å². The van der Waals surface area contributed by atoms with Crippen LogP contribution in [0.15, 0.2) is 36.4 Å². The van der Waals surface area contributed by atoms with E-state index in [0.29, 0.717) is 5.56 Å². The first-order valence-corrected chi connectivity index (χ1v) is 6.40. The highest BCUT2D eigenvalue weighted by Crippen LogP contribution is 2.32. The van der Waals surface area contributed by atoms with E-state index in [0.717, 1.165) is 11.1 Å². The molecule has 2 aromatic rings. The van der Waals surface area contributed by atoms with Gasteiger partial charge in [-0.15, -0.1) is 11.6 Å².